The minimum atomic E-state index is -1.00. The Bertz CT molecular complexity index is 1020. The molecule has 3 rings (SSSR count). The Morgan fingerprint density at radius 2 is 2.04 bits per heavy atom. The molecule has 0 bridgehead atoms. The predicted octanol–water partition coefficient (Wildman–Crippen LogP) is 3.48. The summed E-state index contributed by atoms with van der Waals surface area (Å²) in [5, 5.41) is 12.5. The van der Waals surface area contributed by atoms with Crippen LogP contribution in [0, 0.1) is 11.3 Å². The first-order valence-corrected chi connectivity index (χ1v) is 9.61. The molecule has 0 aliphatic carbocycles. The number of rotatable bonds is 5. The van der Waals surface area contributed by atoms with Crippen LogP contribution in [0.4, 0.5) is 10.8 Å². The van der Waals surface area contributed by atoms with Gasteiger partial charge in [0.25, 0.3) is 5.91 Å². The fraction of sp³-hybridized carbons (Fsp3) is 0.222. The molecule has 0 aliphatic rings. The Hall–Kier alpha value is -2.96. The van der Waals surface area contributed by atoms with Crippen LogP contribution >= 0.6 is 22.7 Å². The van der Waals surface area contributed by atoms with Gasteiger partial charge in [-0.1, -0.05) is 23.5 Å². The lowest BCUT2D eigenvalue weighted by atomic mass is 10.2. The number of benzene rings is 1. The summed E-state index contributed by atoms with van der Waals surface area (Å²) in [6, 6.07) is 10.4. The van der Waals surface area contributed by atoms with Gasteiger partial charge in [0.1, 0.15) is 15.8 Å². The van der Waals surface area contributed by atoms with Gasteiger partial charge in [0.15, 0.2) is 11.2 Å². The number of fused-ring (bicyclic) bond motifs is 1. The normalized spacial score (nSPS) is 11.6. The van der Waals surface area contributed by atoms with Crippen LogP contribution in [0.15, 0.2) is 30.3 Å². The van der Waals surface area contributed by atoms with E-state index in [4.69, 9.17) is 10.00 Å². The first-order valence-electron chi connectivity index (χ1n) is 7.97. The number of aromatic nitrogens is 1. The third-order valence-corrected chi connectivity index (χ3v) is 5.93. The molecule has 7 nitrogen and oxygen atoms in total. The number of ether oxygens (including phenoxy) is 1. The van der Waals surface area contributed by atoms with E-state index in [1.54, 1.807) is 30.3 Å². The SMILES string of the molecule is CC(OC(=O)c1cc2sc(N(C)C)nc2s1)C(=O)Nc1ccccc1C#N. The standard InChI is InChI=1S/C18H16N4O3S2/c1-10(15(23)20-12-7-5-4-6-11(12)9-19)25-17(24)14-8-13-16(26-14)21-18(27-13)22(2)3/h4-8,10H,1-3H3,(H,20,23). The van der Waals surface area contributed by atoms with Crippen molar-refractivity contribution in [2.75, 3.05) is 24.3 Å². The van der Waals surface area contributed by atoms with Gasteiger partial charge in [0.05, 0.1) is 16.0 Å². The zero-order chi connectivity index (χ0) is 19.6. The molecule has 1 amide bonds. The summed E-state index contributed by atoms with van der Waals surface area (Å²) in [6.45, 7) is 1.49. The number of hydrogen-bond donors (Lipinski definition) is 1. The summed E-state index contributed by atoms with van der Waals surface area (Å²) in [4.78, 5) is 32.1. The van der Waals surface area contributed by atoms with Crippen LogP contribution < -0.4 is 10.2 Å². The molecule has 0 saturated heterocycles. The maximum atomic E-state index is 12.3. The van der Waals surface area contributed by atoms with Crippen molar-refractivity contribution in [1.29, 1.82) is 5.26 Å². The number of nitrogens with zero attached hydrogens (tertiary/aromatic N) is 3. The lowest BCUT2D eigenvalue weighted by Crippen LogP contribution is -2.30. The predicted molar refractivity (Wildman–Crippen MR) is 106 cm³/mol. The van der Waals surface area contributed by atoms with Crippen LogP contribution in [0.2, 0.25) is 0 Å². The third-order valence-electron chi connectivity index (χ3n) is 3.62. The van der Waals surface area contributed by atoms with E-state index in [1.807, 2.05) is 25.1 Å². The molecular weight excluding hydrogens is 384 g/mol. The van der Waals surface area contributed by atoms with E-state index in [1.165, 1.54) is 29.6 Å². The number of carbonyl (C=O) groups is 2. The first-order chi connectivity index (χ1) is 12.9. The van der Waals surface area contributed by atoms with Gasteiger partial charge >= 0.3 is 5.97 Å². The Labute approximate surface area is 163 Å². The average molecular weight is 400 g/mol. The van der Waals surface area contributed by atoms with Crippen molar-refractivity contribution < 1.29 is 14.3 Å². The van der Waals surface area contributed by atoms with Crippen LogP contribution in [0.1, 0.15) is 22.2 Å². The van der Waals surface area contributed by atoms with Crippen LogP contribution in [0.5, 0.6) is 0 Å². The van der Waals surface area contributed by atoms with Gasteiger partial charge in [-0.25, -0.2) is 9.78 Å². The topological polar surface area (TPSA) is 95.3 Å². The molecule has 1 N–H and O–H groups in total. The number of nitrogens with one attached hydrogen (secondary N) is 1. The Morgan fingerprint density at radius 3 is 2.70 bits per heavy atom. The summed E-state index contributed by atoms with van der Waals surface area (Å²) < 4.78 is 6.16. The van der Waals surface area contributed by atoms with Crippen molar-refractivity contribution in [1.82, 2.24) is 4.98 Å². The highest BCUT2D eigenvalue weighted by Crippen LogP contribution is 2.34. The molecule has 0 spiro atoms. The number of thiophene rings is 1. The Balaban J connectivity index is 1.67. The largest absolute Gasteiger partial charge is 0.448 e. The number of anilines is 2. The second kappa shape index (κ2) is 7.73. The fourth-order valence-corrected chi connectivity index (χ4v) is 4.23. The van der Waals surface area contributed by atoms with Gasteiger partial charge < -0.3 is 15.0 Å². The van der Waals surface area contributed by atoms with Crippen LogP contribution in [-0.4, -0.2) is 37.1 Å². The summed E-state index contributed by atoms with van der Waals surface area (Å²) in [5.41, 5.74) is 0.718. The molecule has 3 aromatic rings. The molecule has 2 heterocycles. The molecular formula is C18H16N4O3S2. The van der Waals surface area contributed by atoms with Gasteiger partial charge in [-0.3, -0.25) is 4.79 Å². The molecule has 1 atom stereocenters. The first kappa shape index (κ1) is 18.8. The maximum Gasteiger partial charge on any atom is 0.349 e. The van der Waals surface area contributed by atoms with E-state index in [0.29, 0.717) is 16.1 Å². The van der Waals surface area contributed by atoms with E-state index in [-0.39, 0.29) is 0 Å². The van der Waals surface area contributed by atoms with Crippen molar-refractivity contribution in [3.8, 4) is 6.07 Å². The Morgan fingerprint density at radius 1 is 1.30 bits per heavy atom. The molecule has 27 heavy (non-hydrogen) atoms. The van der Waals surface area contributed by atoms with E-state index in [9.17, 15) is 9.59 Å². The van der Waals surface area contributed by atoms with E-state index in [2.05, 4.69) is 10.3 Å². The minimum absolute atomic E-state index is 0.339. The summed E-state index contributed by atoms with van der Waals surface area (Å²) in [6.07, 6.45) is -1.00. The van der Waals surface area contributed by atoms with Crippen molar-refractivity contribution in [2.45, 2.75) is 13.0 Å². The van der Waals surface area contributed by atoms with Gasteiger partial charge in [-0.2, -0.15) is 5.26 Å². The highest BCUT2D eigenvalue weighted by molar-refractivity contribution is 7.29. The van der Waals surface area contributed by atoms with Crippen LogP contribution in [0.3, 0.4) is 0 Å². The number of nitriles is 1. The van der Waals surface area contributed by atoms with Crippen molar-refractivity contribution >= 4 is 54.9 Å². The van der Waals surface area contributed by atoms with Crippen molar-refractivity contribution in [3.05, 3.63) is 40.8 Å². The minimum Gasteiger partial charge on any atom is -0.448 e. The highest BCUT2D eigenvalue weighted by Gasteiger charge is 2.22. The van der Waals surface area contributed by atoms with Crippen LogP contribution in [-0.2, 0) is 9.53 Å². The third kappa shape index (κ3) is 4.07. The average Bonchev–Trinajstić information content (AvgIpc) is 3.21. The number of amides is 1. The quantitative estimate of drug-likeness (QED) is 0.659. The number of esters is 1. The van der Waals surface area contributed by atoms with Crippen LogP contribution in [0.25, 0.3) is 9.53 Å². The van der Waals surface area contributed by atoms with Crippen molar-refractivity contribution in [3.63, 3.8) is 0 Å². The van der Waals surface area contributed by atoms with Gasteiger partial charge in [0, 0.05) is 14.1 Å². The molecule has 2 aromatic heterocycles. The van der Waals surface area contributed by atoms with Crippen molar-refractivity contribution in [2.24, 2.45) is 0 Å². The van der Waals surface area contributed by atoms with Gasteiger partial charge in [0.2, 0.25) is 0 Å². The summed E-state index contributed by atoms with van der Waals surface area (Å²) >= 11 is 2.71. The monoisotopic (exact) mass is 400 g/mol. The fourth-order valence-electron chi connectivity index (χ4n) is 2.21. The lowest BCUT2D eigenvalue weighted by Gasteiger charge is -2.13. The van der Waals surface area contributed by atoms with Gasteiger partial charge in [-0.15, -0.1) is 11.3 Å². The molecule has 0 saturated carbocycles. The van der Waals surface area contributed by atoms with E-state index in [0.717, 1.165) is 14.7 Å². The highest BCUT2D eigenvalue weighted by atomic mass is 32.1. The molecule has 1 unspecified atom stereocenters. The number of hydrogen-bond acceptors (Lipinski definition) is 8. The zero-order valence-corrected chi connectivity index (χ0v) is 16.5. The second-order valence-corrected chi connectivity index (χ2v) is 7.90. The summed E-state index contributed by atoms with van der Waals surface area (Å²) in [5.74, 6) is -1.08. The lowest BCUT2D eigenvalue weighted by molar-refractivity contribution is -0.123. The number of carbonyl (C=O) groups excluding carboxylic acids is 2. The number of thiazole rings is 1. The second-order valence-electron chi connectivity index (χ2n) is 5.87. The molecule has 0 aliphatic heterocycles. The molecule has 9 heteroatoms. The molecule has 0 fully saturated rings. The maximum absolute atomic E-state index is 12.3. The number of para-hydroxylation sites is 1. The smallest absolute Gasteiger partial charge is 0.349 e. The molecule has 138 valence electrons. The van der Waals surface area contributed by atoms with E-state index >= 15 is 0 Å². The molecule has 0 radical (unpaired) electrons. The Kier molecular flexibility index (Phi) is 5.39. The zero-order valence-electron chi connectivity index (χ0n) is 14.8. The molecule has 1 aromatic carbocycles. The van der Waals surface area contributed by atoms with E-state index < -0.39 is 18.0 Å². The summed E-state index contributed by atoms with van der Waals surface area (Å²) in [7, 11) is 3.81. The van der Waals surface area contributed by atoms with Gasteiger partial charge in [-0.05, 0) is 25.1 Å².